The Labute approximate surface area is 70.5 Å². The third-order valence-electron chi connectivity index (χ3n) is 2.56. The van der Waals surface area contributed by atoms with E-state index in [1.807, 2.05) is 6.92 Å². The number of imide groups is 1. The van der Waals surface area contributed by atoms with E-state index in [4.69, 9.17) is 4.74 Å². The van der Waals surface area contributed by atoms with Crippen molar-refractivity contribution in [2.24, 2.45) is 11.8 Å². The molecule has 2 saturated heterocycles. The van der Waals surface area contributed by atoms with E-state index in [0.717, 1.165) is 0 Å². The summed E-state index contributed by atoms with van der Waals surface area (Å²) in [5, 5.41) is 0. The minimum Gasteiger partial charge on any atom is -0.380 e. The Morgan fingerprint density at radius 3 is 2.25 bits per heavy atom. The lowest BCUT2D eigenvalue weighted by molar-refractivity contribution is -0.141. The van der Waals surface area contributed by atoms with Gasteiger partial charge in [-0.05, 0) is 6.92 Å². The lowest BCUT2D eigenvalue weighted by atomic mass is 10.00. The van der Waals surface area contributed by atoms with Crippen molar-refractivity contribution in [3.05, 3.63) is 0 Å². The van der Waals surface area contributed by atoms with Gasteiger partial charge in [0.15, 0.2) is 0 Å². The molecule has 2 rings (SSSR count). The van der Waals surface area contributed by atoms with E-state index in [9.17, 15) is 9.59 Å². The van der Waals surface area contributed by atoms with Crippen LogP contribution in [0.4, 0.5) is 0 Å². The summed E-state index contributed by atoms with van der Waals surface area (Å²) in [5.74, 6) is -0.468. The van der Waals surface area contributed by atoms with Gasteiger partial charge in [0.05, 0.1) is 25.0 Å². The van der Waals surface area contributed by atoms with Crippen molar-refractivity contribution in [2.75, 3.05) is 19.8 Å². The number of amides is 2. The molecule has 0 saturated carbocycles. The highest BCUT2D eigenvalue weighted by Crippen LogP contribution is 2.31. The highest BCUT2D eigenvalue weighted by molar-refractivity contribution is 6.05. The molecule has 2 amide bonds. The van der Waals surface area contributed by atoms with Gasteiger partial charge in [0, 0.05) is 6.54 Å². The number of likely N-dealkylation sites (tertiary alicyclic amines) is 1. The predicted octanol–water partition coefficient (Wildman–Crippen LogP) is -0.362. The van der Waals surface area contributed by atoms with Crippen LogP contribution in [0, 0.1) is 11.8 Å². The Bertz CT molecular complexity index is 216. The molecular formula is C8H11NO3. The molecule has 12 heavy (non-hydrogen) atoms. The zero-order valence-electron chi connectivity index (χ0n) is 6.95. The molecule has 4 nitrogen and oxygen atoms in total. The van der Waals surface area contributed by atoms with Crippen molar-refractivity contribution in [1.82, 2.24) is 4.90 Å². The van der Waals surface area contributed by atoms with E-state index in [0.29, 0.717) is 19.8 Å². The maximum absolute atomic E-state index is 11.5. The van der Waals surface area contributed by atoms with Crippen LogP contribution in [0.5, 0.6) is 0 Å². The molecule has 2 aliphatic rings. The smallest absolute Gasteiger partial charge is 0.235 e. The van der Waals surface area contributed by atoms with Crippen LogP contribution in [-0.2, 0) is 14.3 Å². The van der Waals surface area contributed by atoms with Crippen molar-refractivity contribution in [3.63, 3.8) is 0 Å². The normalized spacial score (nSPS) is 34.6. The number of nitrogens with zero attached hydrogens (tertiary/aromatic N) is 1. The first kappa shape index (κ1) is 7.73. The first-order valence-corrected chi connectivity index (χ1v) is 4.18. The van der Waals surface area contributed by atoms with E-state index in [1.54, 1.807) is 0 Å². The first-order chi connectivity index (χ1) is 5.75. The molecule has 0 unspecified atom stereocenters. The molecule has 0 aromatic rings. The number of hydrogen-bond acceptors (Lipinski definition) is 3. The van der Waals surface area contributed by atoms with Gasteiger partial charge in [-0.2, -0.15) is 0 Å². The Kier molecular flexibility index (Phi) is 1.65. The van der Waals surface area contributed by atoms with E-state index >= 15 is 0 Å². The van der Waals surface area contributed by atoms with Crippen molar-refractivity contribution in [1.29, 1.82) is 0 Å². The Morgan fingerprint density at radius 1 is 1.33 bits per heavy atom. The van der Waals surface area contributed by atoms with Crippen LogP contribution in [0.2, 0.25) is 0 Å². The second-order valence-electron chi connectivity index (χ2n) is 3.17. The predicted molar refractivity (Wildman–Crippen MR) is 40.2 cm³/mol. The summed E-state index contributed by atoms with van der Waals surface area (Å²) in [6.07, 6.45) is 0. The number of carbonyl (C=O) groups is 2. The van der Waals surface area contributed by atoms with Crippen LogP contribution in [0.3, 0.4) is 0 Å². The number of rotatable bonds is 1. The molecule has 2 fully saturated rings. The SMILES string of the molecule is CCN1C(=O)[C@H]2COC[C@H]2C1=O. The van der Waals surface area contributed by atoms with Gasteiger partial charge in [-0.1, -0.05) is 0 Å². The van der Waals surface area contributed by atoms with Gasteiger partial charge >= 0.3 is 0 Å². The van der Waals surface area contributed by atoms with Gasteiger partial charge in [-0.3, -0.25) is 14.5 Å². The third kappa shape index (κ3) is 0.813. The summed E-state index contributed by atoms with van der Waals surface area (Å²) < 4.78 is 5.08. The fourth-order valence-corrected chi connectivity index (χ4v) is 1.86. The Hall–Kier alpha value is -0.900. The summed E-state index contributed by atoms with van der Waals surface area (Å²) in [6.45, 7) is 3.15. The van der Waals surface area contributed by atoms with Crippen molar-refractivity contribution in [2.45, 2.75) is 6.92 Å². The molecule has 0 bridgehead atoms. The Balaban J connectivity index is 2.25. The molecule has 0 spiro atoms. The van der Waals surface area contributed by atoms with E-state index < -0.39 is 0 Å². The summed E-state index contributed by atoms with van der Waals surface area (Å²) in [7, 11) is 0. The molecule has 0 aromatic carbocycles. The average Bonchev–Trinajstić information content (AvgIpc) is 2.58. The second kappa shape index (κ2) is 2.55. The van der Waals surface area contributed by atoms with Gasteiger partial charge < -0.3 is 4.74 Å². The summed E-state index contributed by atoms with van der Waals surface area (Å²) in [5.41, 5.74) is 0. The number of ether oxygens (including phenoxy) is 1. The largest absolute Gasteiger partial charge is 0.380 e. The molecule has 0 radical (unpaired) electrons. The third-order valence-corrected chi connectivity index (χ3v) is 2.56. The monoisotopic (exact) mass is 169 g/mol. The fourth-order valence-electron chi connectivity index (χ4n) is 1.86. The summed E-state index contributed by atoms with van der Waals surface area (Å²) in [6, 6.07) is 0. The summed E-state index contributed by atoms with van der Waals surface area (Å²) in [4.78, 5) is 24.2. The van der Waals surface area contributed by atoms with E-state index in [-0.39, 0.29) is 23.7 Å². The second-order valence-corrected chi connectivity index (χ2v) is 3.17. The number of fused-ring (bicyclic) bond motifs is 1. The number of carbonyl (C=O) groups excluding carboxylic acids is 2. The highest BCUT2D eigenvalue weighted by atomic mass is 16.5. The molecule has 2 atom stereocenters. The van der Waals surface area contributed by atoms with Crippen LogP contribution in [0.15, 0.2) is 0 Å². The van der Waals surface area contributed by atoms with E-state index in [2.05, 4.69) is 0 Å². The molecule has 2 heterocycles. The lowest BCUT2D eigenvalue weighted by Crippen LogP contribution is -2.32. The standard InChI is InChI=1S/C8H11NO3/c1-2-9-7(10)5-3-12-4-6(5)8(9)11/h5-6H,2-4H2,1H3/t5-,6+. The zero-order valence-corrected chi connectivity index (χ0v) is 6.95. The van der Waals surface area contributed by atoms with Crippen LogP contribution in [-0.4, -0.2) is 36.5 Å². The topological polar surface area (TPSA) is 46.6 Å². The van der Waals surface area contributed by atoms with Gasteiger partial charge in [-0.25, -0.2) is 0 Å². The Morgan fingerprint density at radius 2 is 1.83 bits per heavy atom. The summed E-state index contributed by atoms with van der Waals surface area (Å²) >= 11 is 0. The lowest BCUT2D eigenvalue weighted by Gasteiger charge is -2.11. The van der Waals surface area contributed by atoms with Crippen molar-refractivity contribution >= 4 is 11.8 Å². The van der Waals surface area contributed by atoms with Gasteiger partial charge in [0.1, 0.15) is 0 Å². The fraction of sp³-hybridized carbons (Fsp3) is 0.750. The molecule has 0 N–H and O–H groups in total. The molecule has 0 aliphatic carbocycles. The van der Waals surface area contributed by atoms with Crippen molar-refractivity contribution in [3.8, 4) is 0 Å². The quantitative estimate of drug-likeness (QED) is 0.503. The van der Waals surface area contributed by atoms with Crippen LogP contribution >= 0.6 is 0 Å². The zero-order chi connectivity index (χ0) is 8.72. The van der Waals surface area contributed by atoms with Gasteiger partial charge in [0.25, 0.3) is 0 Å². The number of hydrogen-bond donors (Lipinski definition) is 0. The molecule has 66 valence electrons. The van der Waals surface area contributed by atoms with Crippen LogP contribution in [0.1, 0.15) is 6.92 Å². The first-order valence-electron chi connectivity index (χ1n) is 4.18. The van der Waals surface area contributed by atoms with Gasteiger partial charge in [-0.15, -0.1) is 0 Å². The van der Waals surface area contributed by atoms with Crippen LogP contribution in [0.25, 0.3) is 0 Å². The highest BCUT2D eigenvalue weighted by Gasteiger charge is 2.49. The molecule has 2 aliphatic heterocycles. The maximum atomic E-state index is 11.5. The van der Waals surface area contributed by atoms with Gasteiger partial charge in [0.2, 0.25) is 11.8 Å². The van der Waals surface area contributed by atoms with E-state index in [1.165, 1.54) is 4.90 Å². The molecule has 0 aromatic heterocycles. The van der Waals surface area contributed by atoms with Crippen molar-refractivity contribution < 1.29 is 14.3 Å². The van der Waals surface area contributed by atoms with Crippen LogP contribution < -0.4 is 0 Å². The minimum absolute atomic E-state index is 0.0509. The minimum atomic E-state index is -0.183. The molecule has 4 heteroatoms. The average molecular weight is 169 g/mol. The maximum Gasteiger partial charge on any atom is 0.235 e. The molecular weight excluding hydrogens is 158 g/mol.